The minimum Gasteiger partial charge on any atom is -0.455 e. The second-order valence-corrected chi connectivity index (χ2v) is 8.94. The van der Waals surface area contributed by atoms with Crippen LogP contribution in [-0.2, 0) is 10.0 Å². The lowest BCUT2D eigenvalue weighted by Gasteiger charge is -2.15. The van der Waals surface area contributed by atoms with E-state index in [1.54, 1.807) is 11.8 Å². The van der Waals surface area contributed by atoms with E-state index >= 15 is 0 Å². The summed E-state index contributed by atoms with van der Waals surface area (Å²) in [6.07, 6.45) is 1.76. The van der Waals surface area contributed by atoms with Gasteiger partial charge >= 0.3 is 0 Å². The summed E-state index contributed by atoms with van der Waals surface area (Å²) in [5.74, 6) is 1.23. The second-order valence-electron chi connectivity index (χ2n) is 7.03. The molecule has 0 radical (unpaired) electrons. The molecule has 140 valence electrons. The van der Waals surface area contributed by atoms with Crippen molar-refractivity contribution >= 4 is 28.3 Å². The SMILES string of the molecule is Cc1oc(C(=O)N2C[C@H]3CNC[C@H]3C2)cc1S(=O)(=O)N1CCCC1.Cl. The fraction of sp³-hybridized carbons (Fsp3) is 0.688. The minimum absolute atomic E-state index is 0. The van der Waals surface area contributed by atoms with Crippen LogP contribution in [-0.4, -0.2) is 62.8 Å². The first kappa shape index (κ1) is 18.7. The predicted molar refractivity (Wildman–Crippen MR) is 94.4 cm³/mol. The van der Waals surface area contributed by atoms with Gasteiger partial charge in [0.05, 0.1) is 0 Å². The number of nitrogens with one attached hydrogen (secondary N) is 1. The van der Waals surface area contributed by atoms with Crippen molar-refractivity contribution in [2.45, 2.75) is 24.7 Å². The Labute approximate surface area is 154 Å². The maximum atomic E-state index is 12.7. The summed E-state index contributed by atoms with van der Waals surface area (Å²) in [5, 5.41) is 3.34. The maximum absolute atomic E-state index is 12.7. The molecule has 0 unspecified atom stereocenters. The van der Waals surface area contributed by atoms with Gasteiger partial charge in [-0.25, -0.2) is 8.42 Å². The number of halogens is 1. The number of hydrogen-bond donors (Lipinski definition) is 1. The lowest BCUT2D eigenvalue weighted by Crippen LogP contribution is -2.31. The molecular formula is C16H24ClN3O4S. The van der Waals surface area contributed by atoms with Crippen molar-refractivity contribution in [2.75, 3.05) is 39.3 Å². The third kappa shape index (κ3) is 3.20. The van der Waals surface area contributed by atoms with E-state index in [2.05, 4.69) is 5.32 Å². The van der Waals surface area contributed by atoms with Crippen molar-refractivity contribution in [3.63, 3.8) is 0 Å². The third-order valence-corrected chi connectivity index (χ3v) is 7.45. The molecule has 4 heterocycles. The number of nitrogens with zero attached hydrogens (tertiary/aromatic N) is 2. The molecule has 1 N–H and O–H groups in total. The molecule has 9 heteroatoms. The van der Waals surface area contributed by atoms with E-state index in [0.717, 1.165) is 25.9 Å². The fourth-order valence-electron chi connectivity index (χ4n) is 4.07. The smallest absolute Gasteiger partial charge is 0.289 e. The lowest BCUT2D eigenvalue weighted by molar-refractivity contribution is 0.0748. The largest absolute Gasteiger partial charge is 0.455 e. The number of carbonyl (C=O) groups is 1. The number of hydrogen-bond acceptors (Lipinski definition) is 5. The van der Waals surface area contributed by atoms with Crippen molar-refractivity contribution in [1.82, 2.24) is 14.5 Å². The molecule has 3 aliphatic rings. The van der Waals surface area contributed by atoms with Gasteiger partial charge in [0.15, 0.2) is 5.76 Å². The van der Waals surface area contributed by atoms with Crippen LogP contribution in [0.1, 0.15) is 29.2 Å². The average Bonchev–Trinajstić information content (AvgIpc) is 3.29. The minimum atomic E-state index is -3.56. The Morgan fingerprint density at radius 2 is 1.80 bits per heavy atom. The molecule has 0 aliphatic carbocycles. The molecule has 2 atom stereocenters. The summed E-state index contributed by atoms with van der Waals surface area (Å²) in [6, 6.07) is 1.41. The molecule has 7 nitrogen and oxygen atoms in total. The van der Waals surface area contributed by atoms with Crippen LogP contribution in [0.5, 0.6) is 0 Å². The number of rotatable bonds is 3. The fourth-order valence-corrected chi connectivity index (χ4v) is 5.75. The highest BCUT2D eigenvalue weighted by atomic mass is 35.5. The van der Waals surface area contributed by atoms with E-state index < -0.39 is 10.0 Å². The summed E-state index contributed by atoms with van der Waals surface area (Å²) < 4.78 is 32.4. The molecule has 0 spiro atoms. The lowest BCUT2D eigenvalue weighted by atomic mass is 10.0. The summed E-state index contributed by atoms with van der Waals surface area (Å²) in [7, 11) is -3.56. The van der Waals surface area contributed by atoms with Crippen LogP contribution in [0.25, 0.3) is 0 Å². The molecule has 3 saturated heterocycles. The summed E-state index contributed by atoms with van der Waals surface area (Å²) in [4.78, 5) is 14.6. The molecule has 3 aliphatic heterocycles. The molecular weight excluding hydrogens is 366 g/mol. The van der Waals surface area contributed by atoms with Crippen LogP contribution in [0.15, 0.2) is 15.4 Å². The number of carbonyl (C=O) groups excluding carboxylic acids is 1. The maximum Gasteiger partial charge on any atom is 0.289 e. The van der Waals surface area contributed by atoms with Crippen molar-refractivity contribution < 1.29 is 17.6 Å². The zero-order valence-corrected chi connectivity index (χ0v) is 15.9. The van der Waals surface area contributed by atoms with Crippen LogP contribution < -0.4 is 5.32 Å². The summed E-state index contributed by atoms with van der Waals surface area (Å²) >= 11 is 0. The van der Waals surface area contributed by atoms with E-state index in [-0.39, 0.29) is 29.0 Å². The van der Waals surface area contributed by atoms with Crippen molar-refractivity contribution in [1.29, 1.82) is 0 Å². The van der Waals surface area contributed by atoms with Gasteiger partial charge in [-0.05, 0) is 31.6 Å². The molecule has 4 rings (SSSR count). The Morgan fingerprint density at radius 3 is 2.40 bits per heavy atom. The zero-order valence-electron chi connectivity index (χ0n) is 14.2. The highest BCUT2D eigenvalue weighted by Crippen LogP contribution is 2.30. The molecule has 25 heavy (non-hydrogen) atoms. The second kappa shape index (κ2) is 6.90. The summed E-state index contributed by atoms with van der Waals surface area (Å²) in [6.45, 7) is 6.01. The van der Waals surface area contributed by atoms with Gasteiger partial charge in [-0.15, -0.1) is 12.4 Å². The molecule has 1 aromatic rings. The van der Waals surface area contributed by atoms with Gasteiger partial charge in [0.25, 0.3) is 5.91 Å². The normalized spacial score (nSPS) is 26.7. The Bertz CT molecular complexity index is 745. The highest BCUT2D eigenvalue weighted by Gasteiger charge is 2.40. The number of amides is 1. The van der Waals surface area contributed by atoms with Crippen molar-refractivity contribution in [2.24, 2.45) is 11.8 Å². The quantitative estimate of drug-likeness (QED) is 0.836. The number of aryl methyl sites for hydroxylation is 1. The van der Waals surface area contributed by atoms with Crippen LogP contribution >= 0.6 is 12.4 Å². The first-order valence-electron chi connectivity index (χ1n) is 8.57. The average molecular weight is 390 g/mol. The van der Waals surface area contributed by atoms with Crippen LogP contribution in [0, 0.1) is 18.8 Å². The summed E-state index contributed by atoms with van der Waals surface area (Å²) in [5.41, 5.74) is 0. The van der Waals surface area contributed by atoms with Gasteiger partial charge in [0.2, 0.25) is 10.0 Å². The predicted octanol–water partition coefficient (Wildman–Crippen LogP) is 1.09. The van der Waals surface area contributed by atoms with Gasteiger partial charge in [0, 0.05) is 45.3 Å². The Balaban J connectivity index is 0.00000182. The molecule has 1 aromatic heterocycles. The topological polar surface area (TPSA) is 82.9 Å². The van der Waals surface area contributed by atoms with Crippen LogP contribution in [0.3, 0.4) is 0 Å². The molecule has 0 saturated carbocycles. The Kier molecular flexibility index (Phi) is 5.16. The zero-order chi connectivity index (χ0) is 16.9. The molecule has 0 bridgehead atoms. The van der Waals surface area contributed by atoms with Crippen molar-refractivity contribution in [3.05, 3.63) is 17.6 Å². The molecule has 1 amide bonds. The first-order chi connectivity index (χ1) is 11.5. The Morgan fingerprint density at radius 1 is 1.20 bits per heavy atom. The monoisotopic (exact) mass is 389 g/mol. The van der Waals surface area contributed by atoms with Crippen LogP contribution in [0.4, 0.5) is 0 Å². The van der Waals surface area contributed by atoms with Gasteiger partial charge in [0.1, 0.15) is 10.7 Å². The van der Waals surface area contributed by atoms with Crippen molar-refractivity contribution in [3.8, 4) is 0 Å². The van der Waals surface area contributed by atoms with E-state index in [9.17, 15) is 13.2 Å². The standard InChI is InChI=1S/C16H23N3O4S.ClH/c1-11-15(24(21,22)19-4-2-3-5-19)6-14(23-11)16(20)18-9-12-7-17-8-13(12)10-18;/h6,12-13,17H,2-5,7-10H2,1H3;1H/t12-,13+;. The van der Waals surface area contributed by atoms with E-state index in [4.69, 9.17) is 4.42 Å². The van der Waals surface area contributed by atoms with E-state index in [0.29, 0.717) is 43.8 Å². The van der Waals surface area contributed by atoms with Gasteiger partial charge < -0.3 is 14.6 Å². The first-order valence-corrected chi connectivity index (χ1v) is 10.0. The Hall–Kier alpha value is -1.09. The molecule has 3 fully saturated rings. The van der Waals surface area contributed by atoms with E-state index in [1.807, 2.05) is 0 Å². The van der Waals surface area contributed by atoms with Gasteiger partial charge in [-0.2, -0.15) is 4.31 Å². The third-order valence-electron chi connectivity index (χ3n) is 5.44. The highest BCUT2D eigenvalue weighted by molar-refractivity contribution is 7.89. The van der Waals surface area contributed by atoms with Gasteiger partial charge in [-0.1, -0.05) is 0 Å². The van der Waals surface area contributed by atoms with Gasteiger partial charge in [-0.3, -0.25) is 4.79 Å². The number of furan rings is 1. The van der Waals surface area contributed by atoms with Crippen LogP contribution in [0.2, 0.25) is 0 Å². The number of fused-ring (bicyclic) bond motifs is 1. The molecule has 0 aromatic carbocycles. The van der Waals surface area contributed by atoms with E-state index in [1.165, 1.54) is 10.4 Å². The number of sulfonamides is 1. The number of likely N-dealkylation sites (tertiary alicyclic amines) is 1.